The Bertz CT molecular complexity index is 1100. The van der Waals surface area contributed by atoms with Crippen molar-refractivity contribution in [3.63, 3.8) is 0 Å². The van der Waals surface area contributed by atoms with E-state index < -0.39 is 18.1 Å². The zero-order valence-electron chi connectivity index (χ0n) is 17.0. The molecule has 158 valence electrons. The third-order valence-electron chi connectivity index (χ3n) is 5.61. The summed E-state index contributed by atoms with van der Waals surface area (Å²) < 4.78 is 5.46. The number of halogens is 1. The van der Waals surface area contributed by atoms with Crippen molar-refractivity contribution >= 4 is 23.7 Å². The average Bonchev–Trinajstić information content (AvgIpc) is 3.08. The van der Waals surface area contributed by atoms with Gasteiger partial charge in [0, 0.05) is 17.4 Å². The van der Waals surface area contributed by atoms with Crippen molar-refractivity contribution in [2.75, 3.05) is 6.61 Å². The van der Waals surface area contributed by atoms with Crippen LogP contribution in [0.2, 0.25) is 5.02 Å². The maximum Gasteiger partial charge on any atom is 0.407 e. The summed E-state index contributed by atoms with van der Waals surface area (Å²) in [6.45, 7) is 2.00. The molecule has 1 aliphatic carbocycles. The molecule has 1 aliphatic rings. The van der Waals surface area contributed by atoms with Gasteiger partial charge in [0.25, 0.3) is 0 Å². The first-order valence-corrected chi connectivity index (χ1v) is 10.4. The molecule has 4 rings (SSSR count). The number of carbonyl (C=O) groups is 2. The lowest BCUT2D eigenvalue weighted by atomic mass is 9.98. The third-order valence-corrected chi connectivity index (χ3v) is 6.02. The van der Waals surface area contributed by atoms with Crippen LogP contribution in [0.3, 0.4) is 0 Å². The number of benzene rings is 3. The van der Waals surface area contributed by atoms with Gasteiger partial charge < -0.3 is 15.2 Å². The molecular weight excluding hydrogens is 414 g/mol. The molecule has 3 aromatic rings. The Morgan fingerprint density at radius 1 is 1.03 bits per heavy atom. The minimum atomic E-state index is -1.13. The molecule has 1 atom stereocenters. The number of amides is 1. The maximum absolute atomic E-state index is 12.4. The van der Waals surface area contributed by atoms with E-state index in [1.165, 1.54) is 0 Å². The second-order valence-corrected chi connectivity index (χ2v) is 8.06. The van der Waals surface area contributed by atoms with Crippen molar-refractivity contribution in [1.82, 2.24) is 5.32 Å². The summed E-state index contributed by atoms with van der Waals surface area (Å²) in [5, 5.41) is 12.6. The molecule has 2 N–H and O–H groups in total. The minimum Gasteiger partial charge on any atom is -0.480 e. The number of rotatable bonds is 6. The van der Waals surface area contributed by atoms with E-state index in [9.17, 15) is 14.7 Å². The van der Waals surface area contributed by atoms with Crippen LogP contribution in [0.4, 0.5) is 4.79 Å². The standard InChI is InChI=1S/C25H22ClNO4/c1-15-10-11-16(12-22(15)26)13-23(24(28)29)27-25(30)31-14-21-19-8-4-2-6-17(19)18-7-3-5-9-20(18)21/h2-12,21,23H,13-14H2,1H3,(H,27,30)(H,28,29)/t23-/m1/s1. The molecule has 0 unspecified atom stereocenters. The van der Waals surface area contributed by atoms with Gasteiger partial charge in [0.2, 0.25) is 0 Å². The molecule has 1 amide bonds. The van der Waals surface area contributed by atoms with Crippen LogP contribution in [0.5, 0.6) is 0 Å². The van der Waals surface area contributed by atoms with Gasteiger partial charge in [-0.15, -0.1) is 0 Å². The van der Waals surface area contributed by atoms with Crippen LogP contribution in [-0.2, 0) is 16.0 Å². The highest BCUT2D eigenvalue weighted by Gasteiger charge is 2.29. The van der Waals surface area contributed by atoms with Gasteiger partial charge in [0.15, 0.2) is 0 Å². The zero-order chi connectivity index (χ0) is 22.0. The summed E-state index contributed by atoms with van der Waals surface area (Å²) in [5.41, 5.74) is 6.09. The molecule has 0 saturated carbocycles. The van der Waals surface area contributed by atoms with Gasteiger partial charge in [0.1, 0.15) is 12.6 Å². The number of ether oxygens (including phenoxy) is 1. The predicted octanol–water partition coefficient (Wildman–Crippen LogP) is 5.18. The molecular formula is C25H22ClNO4. The molecule has 0 aromatic heterocycles. The number of nitrogens with one attached hydrogen (secondary N) is 1. The fourth-order valence-electron chi connectivity index (χ4n) is 3.98. The minimum absolute atomic E-state index is 0.0858. The summed E-state index contributed by atoms with van der Waals surface area (Å²) in [6, 6.07) is 20.3. The number of carboxylic acids is 1. The van der Waals surface area contributed by atoms with Crippen molar-refractivity contribution in [1.29, 1.82) is 0 Å². The summed E-state index contributed by atoms with van der Waals surface area (Å²) in [7, 11) is 0. The maximum atomic E-state index is 12.4. The number of hydrogen-bond donors (Lipinski definition) is 2. The second-order valence-electron chi connectivity index (χ2n) is 7.65. The monoisotopic (exact) mass is 435 g/mol. The predicted molar refractivity (Wildman–Crippen MR) is 120 cm³/mol. The number of carbonyl (C=O) groups excluding carboxylic acids is 1. The van der Waals surface area contributed by atoms with Crippen molar-refractivity contribution in [3.8, 4) is 11.1 Å². The summed E-state index contributed by atoms with van der Waals surface area (Å²) >= 11 is 6.13. The second kappa shape index (κ2) is 8.82. The summed E-state index contributed by atoms with van der Waals surface area (Å²) in [6.07, 6.45) is -0.646. The number of aliphatic carboxylic acids is 1. The molecule has 6 heteroatoms. The molecule has 0 spiro atoms. The highest BCUT2D eigenvalue weighted by Crippen LogP contribution is 2.44. The molecule has 0 heterocycles. The fourth-order valence-corrected chi connectivity index (χ4v) is 4.18. The Morgan fingerprint density at radius 2 is 1.65 bits per heavy atom. The van der Waals surface area contributed by atoms with Crippen molar-refractivity contribution in [2.45, 2.75) is 25.3 Å². The molecule has 0 aliphatic heterocycles. The lowest BCUT2D eigenvalue weighted by Crippen LogP contribution is -2.42. The lowest BCUT2D eigenvalue weighted by molar-refractivity contribution is -0.139. The van der Waals surface area contributed by atoms with Crippen LogP contribution >= 0.6 is 11.6 Å². The van der Waals surface area contributed by atoms with Gasteiger partial charge in [-0.25, -0.2) is 9.59 Å². The Hall–Kier alpha value is -3.31. The van der Waals surface area contributed by atoms with E-state index in [0.29, 0.717) is 5.02 Å². The van der Waals surface area contributed by atoms with Crippen LogP contribution in [0.25, 0.3) is 11.1 Å². The highest BCUT2D eigenvalue weighted by molar-refractivity contribution is 6.31. The number of alkyl carbamates (subject to hydrolysis) is 1. The van der Waals surface area contributed by atoms with Gasteiger partial charge in [-0.3, -0.25) is 0 Å². The van der Waals surface area contributed by atoms with E-state index in [0.717, 1.165) is 33.4 Å². The quantitative estimate of drug-likeness (QED) is 0.559. The Morgan fingerprint density at radius 3 is 2.23 bits per heavy atom. The number of hydrogen-bond acceptors (Lipinski definition) is 3. The SMILES string of the molecule is Cc1ccc(C[C@@H](NC(=O)OCC2c3ccccc3-c3ccccc32)C(=O)O)cc1Cl. The van der Waals surface area contributed by atoms with Gasteiger partial charge >= 0.3 is 12.1 Å². The number of carboxylic acid groups (broad SMARTS) is 1. The molecule has 0 saturated heterocycles. The van der Waals surface area contributed by atoms with E-state index in [4.69, 9.17) is 16.3 Å². The van der Waals surface area contributed by atoms with Crippen molar-refractivity contribution in [2.24, 2.45) is 0 Å². The Balaban J connectivity index is 1.43. The highest BCUT2D eigenvalue weighted by atomic mass is 35.5. The van der Waals surface area contributed by atoms with Crippen LogP contribution in [0.1, 0.15) is 28.2 Å². The number of aryl methyl sites for hydroxylation is 1. The summed E-state index contributed by atoms with van der Waals surface area (Å²) in [5.74, 6) is -1.22. The van der Waals surface area contributed by atoms with Crippen LogP contribution < -0.4 is 5.32 Å². The van der Waals surface area contributed by atoms with Crippen molar-refractivity contribution in [3.05, 3.63) is 94.0 Å². The van der Waals surface area contributed by atoms with Gasteiger partial charge in [-0.2, -0.15) is 0 Å². The Labute approximate surface area is 185 Å². The first-order chi connectivity index (χ1) is 14.9. The molecule has 3 aromatic carbocycles. The van der Waals surface area contributed by atoms with E-state index in [1.54, 1.807) is 12.1 Å². The molecule has 0 bridgehead atoms. The Kier molecular flexibility index (Phi) is 5.96. The van der Waals surface area contributed by atoms with Gasteiger partial charge in [-0.1, -0.05) is 72.3 Å². The third kappa shape index (κ3) is 4.42. The summed E-state index contributed by atoms with van der Waals surface area (Å²) in [4.78, 5) is 24.1. The first kappa shape index (κ1) is 20.9. The topological polar surface area (TPSA) is 75.6 Å². The van der Waals surface area contributed by atoms with Crippen LogP contribution in [-0.4, -0.2) is 29.8 Å². The molecule has 0 fully saturated rings. The smallest absolute Gasteiger partial charge is 0.407 e. The van der Waals surface area contributed by atoms with E-state index in [-0.39, 0.29) is 18.9 Å². The lowest BCUT2D eigenvalue weighted by Gasteiger charge is -2.18. The molecule has 31 heavy (non-hydrogen) atoms. The molecule has 5 nitrogen and oxygen atoms in total. The first-order valence-electron chi connectivity index (χ1n) is 10.0. The normalized spacial score (nSPS) is 13.2. The van der Waals surface area contributed by atoms with E-state index >= 15 is 0 Å². The van der Waals surface area contributed by atoms with Gasteiger partial charge in [0.05, 0.1) is 0 Å². The number of fused-ring (bicyclic) bond motifs is 3. The van der Waals surface area contributed by atoms with Crippen molar-refractivity contribution < 1.29 is 19.4 Å². The van der Waals surface area contributed by atoms with E-state index in [1.807, 2.05) is 49.4 Å². The van der Waals surface area contributed by atoms with E-state index in [2.05, 4.69) is 17.4 Å². The van der Waals surface area contributed by atoms with Gasteiger partial charge in [-0.05, 0) is 46.4 Å². The molecule has 0 radical (unpaired) electrons. The largest absolute Gasteiger partial charge is 0.480 e. The van der Waals surface area contributed by atoms with Crippen LogP contribution in [0, 0.1) is 6.92 Å². The van der Waals surface area contributed by atoms with Crippen LogP contribution in [0.15, 0.2) is 66.7 Å². The fraction of sp³-hybridized carbons (Fsp3) is 0.200. The average molecular weight is 436 g/mol. The zero-order valence-corrected chi connectivity index (χ0v) is 17.7.